The second-order valence-electron chi connectivity index (χ2n) is 6.85. The lowest BCUT2D eigenvalue weighted by molar-refractivity contribution is -0.384. The molecule has 1 aliphatic carbocycles. The summed E-state index contributed by atoms with van der Waals surface area (Å²) in [5, 5.41) is 16.3. The molecule has 1 aromatic carbocycles. The third kappa shape index (κ3) is 3.73. The van der Waals surface area contributed by atoms with Gasteiger partial charge < -0.3 is 0 Å². The summed E-state index contributed by atoms with van der Waals surface area (Å²) < 4.78 is 0. The van der Waals surface area contributed by atoms with Gasteiger partial charge >= 0.3 is 0 Å². The number of rotatable bonds is 6. The Bertz CT molecular complexity index is 1060. The number of hydrogen-bond acceptors (Lipinski definition) is 7. The summed E-state index contributed by atoms with van der Waals surface area (Å²) in [7, 11) is 0. The number of hydrazone groups is 1. The van der Waals surface area contributed by atoms with Crippen LogP contribution in [0.1, 0.15) is 48.0 Å². The van der Waals surface area contributed by atoms with Crippen LogP contribution < -0.4 is 5.43 Å². The SMILES string of the molecule is CCCc1nc(N/N=C/c2cccc([N+](=O)[O-])c2)c2c3c(sc2n1)CCCC3. The number of nitro groups is 1. The van der Waals surface area contributed by atoms with E-state index in [1.807, 2.05) is 0 Å². The number of hydrogen-bond donors (Lipinski definition) is 1. The third-order valence-electron chi connectivity index (χ3n) is 4.80. The second-order valence-corrected chi connectivity index (χ2v) is 7.94. The van der Waals surface area contributed by atoms with Crippen molar-refractivity contribution < 1.29 is 4.92 Å². The molecule has 0 unspecified atom stereocenters. The van der Waals surface area contributed by atoms with Crippen LogP contribution in [0.5, 0.6) is 0 Å². The first-order valence-electron chi connectivity index (χ1n) is 9.50. The van der Waals surface area contributed by atoms with E-state index in [0.717, 1.165) is 47.5 Å². The first-order valence-corrected chi connectivity index (χ1v) is 10.3. The van der Waals surface area contributed by atoms with Crippen LogP contribution in [0.2, 0.25) is 0 Å². The Morgan fingerprint density at radius 1 is 1.32 bits per heavy atom. The molecule has 28 heavy (non-hydrogen) atoms. The maximum absolute atomic E-state index is 10.9. The van der Waals surface area contributed by atoms with Gasteiger partial charge in [-0.25, -0.2) is 9.97 Å². The molecule has 1 aliphatic rings. The quantitative estimate of drug-likeness (QED) is 0.365. The minimum Gasteiger partial charge on any atom is -0.261 e. The number of nitrogens with zero attached hydrogens (tertiary/aromatic N) is 4. The highest BCUT2D eigenvalue weighted by atomic mass is 32.1. The smallest absolute Gasteiger partial charge is 0.261 e. The average Bonchev–Trinajstić information content (AvgIpc) is 3.07. The van der Waals surface area contributed by atoms with E-state index in [0.29, 0.717) is 5.56 Å². The van der Waals surface area contributed by atoms with Gasteiger partial charge in [0.1, 0.15) is 10.7 Å². The van der Waals surface area contributed by atoms with Crippen molar-refractivity contribution in [3.8, 4) is 0 Å². The number of aryl methyl sites for hydroxylation is 3. The zero-order valence-electron chi connectivity index (χ0n) is 15.6. The highest BCUT2D eigenvalue weighted by Crippen LogP contribution is 2.38. The molecule has 2 heterocycles. The van der Waals surface area contributed by atoms with Crippen LogP contribution in [0.4, 0.5) is 11.5 Å². The van der Waals surface area contributed by atoms with Gasteiger partial charge in [0, 0.05) is 29.0 Å². The number of non-ortho nitro benzene ring substituents is 1. The van der Waals surface area contributed by atoms with Gasteiger partial charge in [0.15, 0.2) is 5.82 Å². The van der Waals surface area contributed by atoms with Crippen LogP contribution in [0, 0.1) is 10.1 Å². The molecular weight excluding hydrogens is 374 g/mol. The summed E-state index contributed by atoms with van der Waals surface area (Å²) in [4.78, 5) is 22.4. The molecule has 144 valence electrons. The first-order chi connectivity index (χ1) is 13.7. The van der Waals surface area contributed by atoms with E-state index in [9.17, 15) is 10.1 Å². The molecule has 3 aromatic rings. The molecule has 0 saturated heterocycles. The van der Waals surface area contributed by atoms with Crippen molar-refractivity contribution in [2.75, 3.05) is 5.43 Å². The molecular formula is C20H21N5O2S. The standard InChI is InChI=1S/C20H21N5O2S/c1-2-6-17-22-19(18-15-9-3-4-10-16(15)28-20(18)23-17)24-21-12-13-7-5-8-14(11-13)25(26)27/h5,7-8,11-12H,2-4,6,9-10H2,1H3,(H,22,23,24)/b21-12+. The Morgan fingerprint density at radius 2 is 2.18 bits per heavy atom. The number of benzene rings is 1. The van der Waals surface area contributed by atoms with Crippen molar-refractivity contribution >= 4 is 39.3 Å². The molecule has 0 saturated carbocycles. The number of fused-ring (bicyclic) bond motifs is 3. The van der Waals surface area contributed by atoms with Gasteiger partial charge in [-0.15, -0.1) is 11.3 Å². The molecule has 1 N–H and O–H groups in total. The average molecular weight is 395 g/mol. The Balaban J connectivity index is 1.68. The molecule has 0 spiro atoms. The molecule has 2 aromatic heterocycles. The second kappa shape index (κ2) is 8.02. The third-order valence-corrected chi connectivity index (χ3v) is 5.99. The Hall–Kier alpha value is -2.87. The highest BCUT2D eigenvalue weighted by Gasteiger charge is 2.21. The molecule has 0 fully saturated rings. The van der Waals surface area contributed by atoms with E-state index >= 15 is 0 Å². The fourth-order valence-electron chi connectivity index (χ4n) is 3.50. The lowest BCUT2D eigenvalue weighted by Crippen LogP contribution is -2.03. The molecule has 7 nitrogen and oxygen atoms in total. The van der Waals surface area contributed by atoms with E-state index < -0.39 is 4.92 Å². The van der Waals surface area contributed by atoms with Crippen LogP contribution in [-0.4, -0.2) is 21.1 Å². The lowest BCUT2D eigenvalue weighted by Gasteiger charge is -2.11. The first kappa shape index (κ1) is 18.5. The van der Waals surface area contributed by atoms with Crippen molar-refractivity contribution in [3.63, 3.8) is 0 Å². The summed E-state index contributed by atoms with van der Waals surface area (Å²) in [6.45, 7) is 2.11. The van der Waals surface area contributed by atoms with Gasteiger partial charge in [-0.3, -0.25) is 15.5 Å². The molecule has 0 radical (unpaired) electrons. The Kier molecular flexibility index (Phi) is 5.29. The minimum absolute atomic E-state index is 0.0468. The molecule has 0 atom stereocenters. The highest BCUT2D eigenvalue weighted by molar-refractivity contribution is 7.19. The number of thiophene rings is 1. The molecule has 0 amide bonds. The molecule has 0 aliphatic heterocycles. The lowest BCUT2D eigenvalue weighted by atomic mass is 9.97. The van der Waals surface area contributed by atoms with E-state index in [-0.39, 0.29) is 5.69 Å². The van der Waals surface area contributed by atoms with Crippen molar-refractivity contribution in [2.24, 2.45) is 5.10 Å². The summed E-state index contributed by atoms with van der Waals surface area (Å²) in [6.07, 6.45) is 7.95. The molecule has 4 rings (SSSR count). The zero-order valence-corrected chi connectivity index (χ0v) is 16.5. The summed E-state index contributed by atoms with van der Waals surface area (Å²) >= 11 is 1.77. The van der Waals surface area contributed by atoms with Gasteiger partial charge in [0.2, 0.25) is 0 Å². The van der Waals surface area contributed by atoms with Crippen LogP contribution >= 0.6 is 11.3 Å². The normalized spacial score (nSPS) is 13.8. The number of anilines is 1. The Labute approximate surface area is 166 Å². The van der Waals surface area contributed by atoms with Gasteiger partial charge in [-0.1, -0.05) is 19.1 Å². The van der Waals surface area contributed by atoms with Crippen LogP contribution in [0.3, 0.4) is 0 Å². The Morgan fingerprint density at radius 3 is 3.00 bits per heavy atom. The predicted octanol–water partition coefficient (Wildman–Crippen LogP) is 4.88. The van der Waals surface area contributed by atoms with E-state index in [1.165, 1.54) is 35.4 Å². The van der Waals surface area contributed by atoms with E-state index in [2.05, 4.69) is 17.5 Å². The van der Waals surface area contributed by atoms with Gasteiger partial charge in [0.05, 0.1) is 16.5 Å². The summed E-state index contributed by atoms with van der Waals surface area (Å²) in [6, 6.07) is 6.39. The fourth-order valence-corrected chi connectivity index (χ4v) is 4.78. The van der Waals surface area contributed by atoms with Crippen molar-refractivity contribution in [3.05, 3.63) is 56.2 Å². The van der Waals surface area contributed by atoms with E-state index in [4.69, 9.17) is 9.97 Å². The van der Waals surface area contributed by atoms with Crippen molar-refractivity contribution in [2.45, 2.75) is 45.4 Å². The number of nitrogens with one attached hydrogen (secondary N) is 1. The molecule has 0 bridgehead atoms. The van der Waals surface area contributed by atoms with E-state index in [1.54, 1.807) is 29.7 Å². The van der Waals surface area contributed by atoms with Gasteiger partial charge in [-0.2, -0.15) is 5.10 Å². The topological polar surface area (TPSA) is 93.3 Å². The maximum atomic E-state index is 10.9. The maximum Gasteiger partial charge on any atom is 0.270 e. The van der Waals surface area contributed by atoms with Crippen molar-refractivity contribution in [1.82, 2.24) is 9.97 Å². The summed E-state index contributed by atoms with van der Waals surface area (Å²) in [5.74, 6) is 1.55. The van der Waals surface area contributed by atoms with Gasteiger partial charge in [-0.05, 0) is 37.7 Å². The number of aromatic nitrogens is 2. The molecule has 8 heteroatoms. The minimum atomic E-state index is -0.409. The summed E-state index contributed by atoms with van der Waals surface area (Å²) in [5.41, 5.74) is 5.13. The monoisotopic (exact) mass is 395 g/mol. The predicted molar refractivity (Wildman–Crippen MR) is 112 cm³/mol. The van der Waals surface area contributed by atoms with Crippen LogP contribution in [-0.2, 0) is 19.3 Å². The fraction of sp³-hybridized carbons (Fsp3) is 0.350. The number of nitro benzene ring substituents is 1. The van der Waals surface area contributed by atoms with Crippen LogP contribution in [0.15, 0.2) is 29.4 Å². The van der Waals surface area contributed by atoms with Crippen LogP contribution in [0.25, 0.3) is 10.2 Å². The largest absolute Gasteiger partial charge is 0.270 e. The van der Waals surface area contributed by atoms with Gasteiger partial charge in [0.25, 0.3) is 5.69 Å². The zero-order chi connectivity index (χ0) is 19.5. The van der Waals surface area contributed by atoms with Crippen molar-refractivity contribution in [1.29, 1.82) is 0 Å².